The normalized spacial score (nSPS) is 11.0. The molecule has 0 aliphatic rings. The minimum atomic E-state index is -0.104. The Morgan fingerprint density at radius 1 is 1.11 bits per heavy atom. The van der Waals surface area contributed by atoms with Crippen LogP contribution in [0, 0.1) is 19.8 Å². The summed E-state index contributed by atoms with van der Waals surface area (Å²) < 4.78 is 0. The monoisotopic (exact) mass is 257 g/mol. The van der Waals surface area contributed by atoms with Gasteiger partial charge in [-0.3, -0.25) is 9.78 Å². The van der Waals surface area contributed by atoms with E-state index in [9.17, 15) is 4.79 Å². The molecule has 0 aliphatic carbocycles. The summed E-state index contributed by atoms with van der Waals surface area (Å²) in [6, 6.07) is 5.44. The first-order valence-corrected chi connectivity index (χ1v) is 6.50. The summed E-state index contributed by atoms with van der Waals surface area (Å²) in [6.45, 7) is 8.10. The largest absolute Gasteiger partial charge is 0.307 e. The van der Waals surface area contributed by atoms with Crippen molar-refractivity contribution in [1.29, 1.82) is 0 Å². The molecule has 0 bridgehead atoms. The number of rotatable bonds is 3. The smallest absolute Gasteiger partial charge is 0.251 e. The highest BCUT2D eigenvalue weighted by Crippen LogP contribution is 2.16. The number of H-pyrrole nitrogens is 1. The molecule has 0 saturated heterocycles. The molecule has 2 aromatic heterocycles. The molecule has 0 unspecified atom stereocenters. The zero-order valence-corrected chi connectivity index (χ0v) is 11.8. The van der Waals surface area contributed by atoms with E-state index in [0.29, 0.717) is 11.7 Å². The van der Waals surface area contributed by atoms with E-state index in [2.05, 4.69) is 28.8 Å². The second-order valence-corrected chi connectivity index (χ2v) is 5.32. The number of pyridine rings is 1. The minimum absolute atomic E-state index is 0.104. The predicted molar refractivity (Wildman–Crippen MR) is 76.1 cm³/mol. The third-order valence-corrected chi connectivity index (χ3v) is 2.77. The maximum absolute atomic E-state index is 11.7. The second kappa shape index (κ2) is 5.34. The van der Waals surface area contributed by atoms with E-state index in [-0.39, 0.29) is 5.56 Å². The van der Waals surface area contributed by atoms with Gasteiger partial charge in [0.1, 0.15) is 5.82 Å². The van der Waals surface area contributed by atoms with Crippen LogP contribution in [0.4, 0.5) is 0 Å². The van der Waals surface area contributed by atoms with Crippen LogP contribution < -0.4 is 5.56 Å². The number of aromatic nitrogens is 3. The Morgan fingerprint density at radius 2 is 1.74 bits per heavy atom. The summed E-state index contributed by atoms with van der Waals surface area (Å²) in [4.78, 5) is 23.4. The zero-order valence-electron chi connectivity index (χ0n) is 11.8. The van der Waals surface area contributed by atoms with Crippen LogP contribution in [0.1, 0.15) is 30.9 Å². The first kappa shape index (κ1) is 13.5. The molecule has 2 rings (SSSR count). The molecule has 2 heterocycles. The van der Waals surface area contributed by atoms with Crippen LogP contribution in [0.5, 0.6) is 0 Å². The topological polar surface area (TPSA) is 58.6 Å². The fourth-order valence-corrected chi connectivity index (χ4v) is 2.14. The van der Waals surface area contributed by atoms with Gasteiger partial charge in [0.25, 0.3) is 5.56 Å². The van der Waals surface area contributed by atoms with Crippen LogP contribution in [0.2, 0.25) is 0 Å². The highest BCUT2D eigenvalue weighted by Gasteiger charge is 2.07. The van der Waals surface area contributed by atoms with Gasteiger partial charge in [-0.1, -0.05) is 13.8 Å². The predicted octanol–water partition coefficient (Wildman–Crippen LogP) is 2.65. The molecule has 0 fully saturated rings. The van der Waals surface area contributed by atoms with Crippen LogP contribution in [-0.4, -0.2) is 15.0 Å². The van der Waals surface area contributed by atoms with Crippen LogP contribution >= 0.6 is 0 Å². The van der Waals surface area contributed by atoms with E-state index in [1.807, 2.05) is 26.0 Å². The summed E-state index contributed by atoms with van der Waals surface area (Å²) in [5, 5.41) is 0. The van der Waals surface area contributed by atoms with Gasteiger partial charge in [0, 0.05) is 28.7 Å². The average molecular weight is 257 g/mol. The molecule has 1 N–H and O–H groups in total. The molecule has 0 saturated carbocycles. The molecule has 19 heavy (non-hydrogen) atoms. The molecule has 0 aliphatic heterocycles. The molecule has 4 heteroatoms. The zero-order chi connectivity index (χ0) is 14.0. The van der Waals surface area contributed by atoms with Crippen LogP contribution in [0.25, 0.3) is 11.4 Å². The maximum atomic E-state index is 11.7. The number of hydrogen-bond acceptors (Lipinski definition) is 3. The summed E-state index contributed by atoms with van der Waals surface area (Å²) in [6.07, 6.45) is 0.806. The van der Waals surface area contributed by atoms with Gasteiger partial charge < -0.3 is 4.98 Å². The van der Waals surface area contributed by atoms with Gasteiger partial charge in [0.2, 0.25) is 0 Å². The van der Waals surface area contributed by atoms with Crippen molar-refractivity contribution in [2.45, 2.75) is 34.1 Å². The van der Waals surface area contributed by atoms with E-state index in [1.54, 1.807) is 6.07 Å². The van der Waals surface area contributed by atoms with Crippen molar-refractivity contribution in [2.24, 2.45) is 5.92 Å². The van der Waals surface area contributed by atoms with Gasteiger partial charge in [-0.15, -0.1) is 0 Å². The molecule has 100 valence electrons. The second-order valence-electron chi connectivity index (χ2n) is 5.32. The van der Waals surface area contributed by atoms with E-state index in [4.69, 9.17) is 0 Å². The van der Waals surface area contributed by atoms with Crippen molar-refractivity contribution < 1.29 is 0 Å². The van der Waals surface area contributed by atoms with E-state index < -0.39 is 0 Å². The molecule has 0 aromatic carbocycles. The van der Waals surface area contributed by atoms with Gasteiger partial charge in [0.15, 0.2) is 0 Å². The quantitative estimate of drug-likeness (QED) is 0.919. The van der Waals surface area contributed by atoms with Gasteiger partial charge in [-0.25, -0.2) is 4.98 Å². The molecule has 2 aromatic rings. The summed E-state index contributed by atoms with van der Waals surface area (Å²) in [5.74, 6) is 1.10. The average Bonchev–Trinajstić information content (AvgIpc) is 2.25. The number of nitrogens with one attached hydrogen (secondary N) is 1. The Balaban J connectivity index is 2.49. The summed E-state index contributed by atoms with van der Waals surface area (Å²) >= 11 is 0. The van der Waals surface area contributed by atoms with Crippen LogP contribution in [0.15, 0.2) is 23.0 Å². The highest BCUT2D eigenvalue weighted by atomic mass is 16.1. The third-order valence-electron chi connectivity index (χ3n) is 2.77. The SMILES string of the molecule is Cc1cc(-c2nc(CC(C)C)cc(=O)[nH]2)cc(C)n1. The van der Waals surface area contributed by atoms with Gasteiger partial charge in [0.05, 0.1) is 0 Å². The Kier molecular flexibility index (Phi) is 3.79. The number of aryl methyl sites for hydroxylation is 2. The maximum Gasteiger partial charge on any atom is 0.251 e. The first-order chi connectivity index (χ1) is 8.94. The van der Waals surface area contributed by atoms with Crippen molar-refractivity contribution in [1.82, 2.24) is 15.0 Å². The van der Waals surface area contributed by atoms with Crippen LogP contribution in [0.3, 0.4) is 0 Å². The van der Waals surface area contributed by atoms with Gasteiger partial charge in [-0.2, -0.15) is 0 Å². The first-order valence-electron chi connectivity index (χ1n) is 6.50. The Bertz CT molecular complexity index is 624. The van der Waals surface area contributed by atoms with Gasteiger partial charge >= 0.3 is 0 Å². The van der Waals surface area contributed by atoms with Gasteiger partial charge in [-0.05, 0) is 38.3 Å². The van der Waals surface area contributed by atoms with E-state index in [0.717, 1.165) is 29.1 Å². The molecular weight excluding hydrogens is 238 g/mol. The van der Waals surface area contributed by atoms with Crippen molar-refractivity contribution in [2.75, 3.05) is 0 Å². The van der Waals surface area contributed by atoms with Crippen molar-refractivity contribution in [3.05, 3.63) is 45.6 Å². The fourth-order valence-electron chi connectivity index (χ4n) is 2.14. The van der Waals surface area contributed by atoms with E-state index >= 15 is 0 Å². The lowest BCUT2D eigenvalue weighted by Crippen LogP contribution is -2.12. The lowest BCUT2D eigenvalue weighted by atomic mass is 10.1. The molecule has 0 atom stereocenters. The lowest BCUT2D eigenvalue weighted by molar-refractivity contribution is 0.634. The minimum Gasteiger partial charge on any atom is -0.307 e. The Hall–Kier alpha value is -1.97. The fraction of sp³-hybridized carbons (Fsp3) is 0.400. The lowest BCUT2D eigenvalue weighted by Gasteiger charge is -2.07. The standard InChI is InChI=1S/C15H19N3O/c1-9(2)5-13-8-14(19)18-15(17-13)12-6-10(3)16-11(4)7-12/h6-9H,5H2,1-4H3,(H,17,18,19). The highest BCUT2D eigenvalue weighted by molar-refractivity contribution is 5.55. The molecule has 0 amide bonds. The number of nitrogens with zero attached hydrogens (tertiary/aromatic N) is 2. The molecule has 0 spiro atoms. The van der Waals surface area contributed by atoms with Crippen molar-refractivity contribution >= 4 is 0 Å². The summed E-state index contributed by atoms with van der Waals surface area (Å²) in [7, 11) is 0. The molecular formula is C15H19N3O. The summed E-state index contributed by atoms with van der Waals surface area (Å²) in [5.41, 5.74) is 3.49. The van der Waals surface area contributed by atoms with Crippen molar-refractivity contribution in [3.8, 4) is 11.4 Å². The Morgan fingerprint density at radius 3 is 2.32 bits per heavy atom. The number of aromatic amines is 1. The molecule has 0 radical (unpaired) electrons. The van der Waals surface area contributed by atoms with Crippen LogP contribution in [-0.2, 0) is 6.42 Å². The third kappa shape index (κ3) is 3.50. The number of hydrogen-bond donors (Lipinski definition) is 1. The Labute approximate surface area is 112 Å². The molecule has 4 nitrogen and oxygen atoms in total. The van der Waals surface area contributed by atoms with Crippen molar-refractivity contribution in [3.63, 3.8) is 0 Å². The van der Waals surface area contributed by atoms with E-state index in [1.165, 1.54) is 0 Å².